The number of anilines is 1. The van der Waals surface area contributed by atoms with E-state index in [2.05, 4.69) is 5.32 Å². The van der Waals surface area contributed by atoms with Crippen molar-refractivity contribution in [2.75, 3.05) is 44.3 Å². The topological polar surface area (TPSA) is 67.9 Å². The van der Waals surface area contributed by atoms with Crippen LogP contribution in [0.1, 0.15) is 50.7 Å². The number of carbonyl (C=O) groups is 2. The molecule has 2 aromatic carbocycles. The number of benzene rings is 2. The molecule has 0 atom stereocenters. The summed E-state index contributed by atoms with van der Waals surface area (Å²) < 4.78 is 94.9. The molecule has 0 bridgehead atoms. The molecule has 0 amide bonds. The van der Waals surface area contributed by atoms with E-state index in [4.69, 9.17) is 9.47 Å². The Balaban J connectivity index is 0.000000247. The van der Waals surface area contributed by atoms with Gasteiger partial charge in [-0.15, -0.1) is 0 Å². The Hall–Kier alpha value is -3.35. The van der Waals surface area contributed by atoms with Gasteiger partial charge in [0.2, 0.25) is 0 Å². The number of alkyl halides is 6. The number of nitrogens with zero attached hydrogens (tertiary/aromatic N) is 1. The second-order valence-corrected chi connectivity index (χ2v) is 9.84. The molecule has 13 heteroatoms. The zero-order chi connectivity index (χ0) is 32.0. The summed E-state index contributed by atoms with van der Waals surface area (Å²) in [7, 11) is 0. The lowest BCUT2D eigenvalue weighted by Crippen LogP contribution is -2.37. The van der Waals surface area contributed by atoms with Gasteiger partial charge in [0.05, 0.1) is 36.2 Å². The fourth-order valence-corrected chi connectivity index (χ4v) is 4.45. The van der Waals surface area contributed by atoms with E-state index in [1.165, 1.54) is 12.1 Å². The monoisotopic (exact) mass is 622 g/mol. The van der Waals surface area contributed by atoms with Crippen LogP contribution in [0.15, 0.2) is 48.5 Å². The summed E-state index contributed by atoms with van der Waals surface area (Å²) in [6.45, 7) is 7.69. The van der Waals surface area contributed by atoms with Crippen LogP contribution in [0.25, 0.3) is 0 Å². The third kappa shape index (κ3) is 12.4. The van der Waals surface area contributed by atoms with E-state index < -0.39 is 29.3 Å². The van der Waals surface area contributed by atoms with E-state index in [9.17, 15) is 40.3 Å². The highest BCUT2D eigenvalue weighted by atomic mass is 19.4. The van der Waals surface area contributed by atoms with E-state index in [1.807, 2.05) is 11.8 Å². The van der Waals surface area contributed by atoms with Crippen molar-refractivity contribution in [1.82, 2.24) is 5.32 Å². The zero-order valence-corrected chi connectivity index (χ0v) is 24.1. The largest absolute Gasteiger partial charge is 0.466 e. The van der Waals surface area contributed by atoms with Crippen LogP contribution in [0.5, 0.6) is 0 Å². The summed E-state index contributed by atoms with van der Waals surface area (Å²) in [4.78, 5) is 24.8. The van der Waals surface area contributed by atoms with Crippen molar-refractivity contribution in [2.24, 2.45) is 11.8 Å². The van der Waals surface area contributed by atoms with Crippen LogP contribution in [0, 0.1) is 17.7 Å². The van der Waals surface area contributed by atoms with Gasteiger partial charge in [-0.2, -0.15) is 26.3 Å². The first kappa shape index (κ1) is 35.8. The minimum absolute atomic E-state index is 0.0194. The summed E-state index contributed by atoms with van der Waals surface area (Å²) in [5.41, 5.74) is -0.725. The maximum absolute atomic E-state index is 12.5. The maximum Gasteiger partial charge on any atom is 0.416 e. The molecule has 0 unspecified atom stereocenters. The first-order chi connectivity index (χ1) is 20.3. The Kier molecular flexibility index (Phi) is 14.2. The summed E-state index contributed by atoms with van der Waals surface area (Å²) in [5.74, 6) is -0.816. The van der Waals surface area contributed by atoms with Crippen LogP contribution >= 0.6 is 0 Å². The molecular formula is C30H37F7N2O4. The van der Waals surface area contributed by atoms with Crippen molar-refractivity contribution in [3.05, 3.63) is 65.5 Å². The van der Waals surface area contributed by atoms with E-state index in [1.54, 1.807) is 6.92 Å². The third-order valence-electron chi connectivity index (χ3n) is 6.81. The number of halogens is 7. The predicted molar refractivity (Wildman–Crippen MR) is 147 cm³/mol. The SMILES string of the molecule is CCOC(=O)C1CCN(c2ccc(C(F)(F)F)cc2)CC1.CCOC(=O)C1CCNCC1.Fc1ccc(C(F)(F)F)cc1. The van der Waals surface area contributed by atoms with Crippen LogP contribution in [0.2, 0.25) is 0 Å². The van der Waals surface area contributed by atoms with Gasteiger partial charge >= 0.3 is 24.3 Å². The zero-order valence-electron chi connectivity index (χ0n) is 24.1. The highest BCUT2D eigenvalue weighted by molar-refractivity contribution is 5.73. The number of carbonyl (C=O) groups excluding carboxylic acids is 2. The van der Waals surface area contributed by atoms with Gasteiger partial charge in [-0.1, -0.05) is 0 Å². The van der Waals surface area contributed by atoms with E-state index >= 15 is 0 Å². The molecule has 240 valence electrons. The number of nitrogens with one attached hydrogen (secondary N) is 1. The van der Waals surface area contributed by atoms with Crippen molar-refractivity contribution in [3.63, 3.8) is 0 Å². The molecule has 0 aliphatic carbocycles. The number of esters is 2. The smallest absolute Gasteiger partial charge is 0.416 e. The molecule has 4 rings (SSSR count). The number of hydrogen-bond acceptors (Lipinski definition) is 6. The molecule has 2 heterocycles. The molecule has 6 nitrogen and oxygen atoms in total. The highest BCUT2D eigenvalue weighted by Crippen LogP contribution is 2.32. The van der Waals surface area contributed by atoms with Crippen LogP contribution in [-0.4, -0.2) is 51.3 Å². The normalized spacial score (nSPS) is 16.3. The molecule has 0 aromatic heterocycles. The minimum Gasteiger partial charge on any atom is -0.466 e. The van der Waals surface area contributed by atoms with Gasteiger partial charge in [0.15, 0.2) is 0 Å². The van der Waals surface area contributed by atoms with Gasteiger partial charge in [-0.25, -0.2) is 4.39 Å². The summed E-state index contributed by atoms with van der Waals surface area (Å²) >= 11 is 0. The van der Waals surface area contributed by atoms with Crippen molar-refractivity contribution in [2.45, 2.75) is 51.9 Å². The maximum atomic E-state index is 12.5. The third-order valence-corrected chi connectivity index (χ3v) is 6.81. The molecule has 43 heavy (non-hydrogen) atoms. The van der Waals surface area contributed by atoms with Crippen LogP contribution in [0.3, 0.4) is 0 Å². The van der Waals surface area contributed by atoms with Crippen molar-refractivity contribution in [1.29, 1.82) is 0 Å². The van der Waals surface area contributed by atoms with E-state index in [-0.39, 0.29) is 23.8 Å². The first-order valence-corrected chi connectivity index (χ1v) is 14.0. The molecule has 2 fully saturated rings. The van der Waals surface area contributed by atoms with Crippen molar-refractivity contribution in [3.8, 4) is 0 Å². The van der Waals surface area contributed by atoms with Gasteiger partial charge in [0, 0.05) is 18.8 Å². The second-order valence-electron chi connectivity index (χ2n) is 9.84. The Labute approximate surface area is 246 Å². The lowest BCUT2D eigenvalue weighted by Gasteiger charge is -2.32. The number of ether oxygens (including phenoxy) is 2. The molecule has 0 radical (unpaired) electrons. The Morgan fingerprint density at radius 3 is 1.51 bits per heavy atom. The molecular weight excluding hydrogens is 585 g/mol. The van der Waals surface area contributed by atoms with E-state index in [0.29, 0.717) is 51.3 Å². The van der Waals surface area contributed by atoms with Gasteiger partial charge in [0.25, 0.3) is 0 Å². The van der Waals surface area contributed by atoms with Crippen LogP contribution < -0.4 is 10.2 Å². The summed E-state index contributed by atoms with van der Waals surface area (Å²) in [6.07, 6.45) is -5.50. The second kappa shape index (κ2) is 17.1. The van der Waals surface area contributed by atoms with Crippen LogP contribution in [-0.2, 0) is 31.4 Å². The molecule has 2 aliphatic heterocycles. The molecule has 2 saturated heterocycles. The molecule has 1 N–H and O–H groups in total. The first-order valence-electron chi connectivity index (χ1n) is 14.0. The van der Waals surface area contributed by atoms with Gasteiger partial charge in [-0.05, 0) is 101 Å². The van der Waals surface area contributed by atoms with Gasteiger partial charge < -0.3 is 19.7 Å². The van der Waals surface area contributed by atoms with Gasteiger partial charge in [-0.3, -0.25) is 9.59 Å². The highest BCUT2D eigenvalue weighted by Gasteiger charge is 2.31. The summed E-state index contributed by atoms with van der Waals surface area (Å²) in [6, 6.07) is 8.11. The molecule has 2 aromatic rings. The Morgan fingerprint density at radius 1 is 0.721 bits per heavy atom. The van der Waals surface area contributed by atoms with Crippen molar-refractivity contribution >= 4 is 17.6 Å². The predicted octanol–water partition coefficient (Wildman–Crippen LogP) is 6.88. The van der Waals surface area contributed by atoms with Crippen molar-refractivity contribution < 1.29 is 49.8 Å². The fraction of sp³-hybridized carbons (Fsp3) is 0.533. The van der Waals surface area contributed by atoms with Crippen LogP contribution in [0.4, 0.5) is 36.4 Å². The average Bonchev–Trinajstić information content (AvgIpc) is 2.98. The lowest BCUT2D eigenvalue weighted by atomic mass is 9.96. The lowest BCUT2D eigenvalue weighted by molar-refractivity contribution is -0.149. The van der Waals surface area contributed by atoms with Gasteiger partial charge in [0.1, 0.15) is 5.82 Å². The summed E-state index contributed by atoms with van der Waals surface area (Å²) in [5, 5.41) is 3.20. The minimum atomic E-state index is -4.38. The Morgan fingerprint density at radius 2 is 1.12 bits per heavy atom. The Bertz CT molecular complexity index is 1110. The molecule has 0 spiro atoms. The molecule has 2 aliphatic rings. The average molecular weight is 623 g/mol. The number of piperidine rings is 2. The standard InChI is InChI=1S/C15H18F3NO2.C8H15NO2.C7H4F4/c1-2-21-14(20)11-7-9-19(10-8-11)13-5-3-12(4-6-13)15(16,17)18;1-2-11-8(10)7-3-5-9-6-4-7;8-6-3-1-5(2-4-6)7(9,10)11/h3-6,11H,2,7-10H2,1H3;7,9H,2-6H2,1H3;1-4H. The van der Waals surface area contributed by atoms with E-state index in [0.717, 1.165) is 55.9 Å². The number of rotatable bonds is 5. The quantitative estimate of drug-likeness (QED) is 0.290. The fourth-order valence-electron chi connectivity index (χ4n) is 4.45. The molecule has 0 saturated carbocycles. The number of hydrogen-bond donors (Lipinski definition) is 1.